The van der Waals surface area contributed by atoms with Crippen molar-refractivity contribution in [2.24, 2.45) is 7.05 Å². The molecule has 1 fully saturated rings. The van der Waals surface area contributed by atoms with Crippen molar-refractivity contribution in [1.29, 1.82) is 0 Å². The second kappa shape index (κ2) is 8.55. The number of aromatic nitrogens is 4. The predicted octanol–water partition coefficient (Wildman–Crippen LogP) is 2.86. The van der Waals surface area contributed by atoms with Gasteiger partial charge in [0, 0.05) is 50.7 Å². The van der Waals surface area contributed by atoms with Crippen LogP contribution in [0.3, 0.4) is 0 Å². The lowest BCUT2D eigenvalue weighted by atomic mass is 10.2. The fourth-order valence-corrected chi connectivity index (χ4v) is 3.78. The minimum atomic E-state index is -0.390. The number of fused-ring (bicyclic) bond motifs is 1. The third-order valence-electron chi connectivity index (χ3n) is 5.86. The van der Waals surface area contributed by atoms with Gasteiger partial charge in [0.2, 0.25) is 5.95 Å². The van der Waals surface area contributed by atoms with Gasteiger partial charge in [-0.05, 0) is 44.3 Å². The number of nitrogens with one attached hydrogen (secondary N) is 2. The number of aryl methyl sites for hydroxylation is 2. The van der Waals surface area contributed by atoms with Crippen LogP contribution in [0.2, 0.25) is 0 Å². The Morgan fingerprint density at radius 1 is 0.939 bits per heavy atom. The molecule has 4 aromatic rings. The smallest absolute Gasteiger partial charge is 0.408 e. The Bertz CT molecular complexity index is 1340. The number of rotatable bonds is 5. The number of hydrogen-bond donors (Lipinski definition) is 2. The number of anilines is 5. The third-order valence-corrected chi connectivity index (χ3v) is 5.86. The first-order valence-corrected chi connectivity index (χ1v) is 10.8. The Balaban J connectivity index is 1.31. The van der Waals surface area contributed by atoms with Gasteiger partial charge in [0.15, 0.2) is 5.58 Å². The molecule has 2 N–H and O–H groups in total. The first-order valence-electron chi connectivity index (χ1n) is 10.8. The number of likely N-dealkylation sites (N-methyl/N-ethyl adjacent to an activating group) is 1. The minimum absolute atomic E-state index is 0.390. The van der Waals surface area contributed by atoms with Gasteiger partial charge in [-0.15, -0.1) is 0 Å². The maximum atomic E-state index is 11.7. The quantitative estimate of drug-likeness (QED) is 0.479. The summed E-state index contributed by atoms with van der Waals surface area (Å²) in [5, 5.41) is 6.53. The summed E-state index contributed by atoms with van der Waals surface area (Å²) in [5.74, 6) is 1.72. The molecule has 0 unspecified atom stereocenters. The molecule has 1 aromatic carbocycles. The van der Waals surface area contributed by atoms with Crippen molar-refractivity contribution in [2.45, 2.75) is 6.92 Å². The summed E-state index contributed by atoms with van der Waals surface area (Å²) < 4.78 is 6.67. The van der Waals surface area contributed by atoms with Crippen LogP contribution >= 0.6 is 0 Å². The van der Waals surface area contributed by atoms with Crippen LogP contribution in [0.25, 0.3) is 11.1 Å². The summed E-state index contributed by atoms with van der Waals surface area (Å²) in [5.41, 5.74) is 3.76. The van der Waals surface area contributed by atoms with Crippen molar-refractivity contribution in [3.8, 4) is 0 Å². The predicted molar refractivity (Wildman–Crippen MR) is 129 cm³/mol. The summed E-state index contributed by atoms with van der Waals surface area (Å²) in [6, 6.07) is 9.48. The maximum absolute atomic E-state index is 11.7. The molecule has 0 atom stereocenters. The Morgan fingerprint density at radius 3 is 2.48 bits per heavy atom. The molecule has 4 heterocycles. The Kier molecular flexibility index (Phi) is 5.43. The second-order valence-electron chi connectivity index (χ2n) is 8.28. The van der Waals surface area contributed by atoms with Crippen molar-refractivity contribution >= 4 is 40.1 Å². The SMILES string of the molecule is Cc1cnc(Nc2ccc(N3CCN(C)CC3)nc2)nc1Nc1ccc2oc(=O)n(C)c2c1. The van der Waals surface area contributed by atoms with E-state index in [1.165, 1.54) is 4.57 Å². The fraction of sp³-hybridized carbons (Fsp3) is 0.304. The van der Waals surface area contributed by atoms with Crippen LogP contribution in [0, 0.1) is 6.92 Å². The lowest BCUT2D eigenvalue weighted by molar-refractivity contribution is 0.312. The van der Waals surface area contributed by atoms with E-state index in [0.29, 0.717) is 22.9 Å². The van der Waals surface area contributed by atoms with E-state index in [4.69, 9.17) is 4.42 Å². The van der Waals surface area contributed by atoms with Crippen LogP contribution in [0.15, 0.2) is 51.9 Å². The van der Waals surface area contributed by atoms with E-state index in [0.717, 1.165) is 48.9 Å². The zero-order valence-electron chi connectivity index (χ0n) is 18.9. The zero-order valence-corrected chi connectivity index (χ0v) is 18.9. The molecule has 0 amide bonds. The summed E-state index contributed by atoms with van der Waals surface area (Å²) in [4.78, 5) is 30.0. The molecular formula is C23H26N8O2. The number of oxazole rings is 1. The molecule has 10 nitrogen and oxygen atoms in total. The van der Waals surface area contributed by atoms with Gasteiger partial charge in [-0.25, -0.2) is 14.8 Å². The van der Waals surface area contributed by atoms with Gasteiger partial charge in [0.1, 0.15) is 11.6 Å². The number of pyridine rings is 1. The summed E-state index contributed by atoms with van der Waals surface area (Å²) >= 11 is 0. The average molecular weight is 447 g/mol. The van der Waals surface area contributed by atoms with Crippen molar-refractivity contribution in [3.05, 3.63) is 58.8 Å². The molecule has 0 saturated carbocycles. The molecule has 1 saturated heterocycles. The minimum Gasteiger partial charge on any atom is -0.408 e. The first-order chi connectivity index (χ1) is 16.0. The van der Waals surface area contributed by atoms with Crippen LogP contribution in [0.5, 0.6) is 0 Å². The van der Waals surface area contributed by atoms with Crippen LogP contribution in [-0.2, 0) is 7.05 Å². The highest BCUT2D eigenvalue weighted by molar-refractivity contribution is 5.79. The third kappa shape index (κ3) is 4.37. The molecule has 5 rings (SSSR count). The normalized spacial score (nSPS) is 14.6. The van der Waals surface area contributed by atoms with E-state index in [-0.39, 0.29) is 5.76 Å². The van der Waals surface area contributed by atoms with Crippen molar-refractivity contribution < 1.29 is 4.42 Å². The molecule has 10 heteroatoms. The van der Waals surface area contributed by atoms with Crippen LogP contribution in [0.1, 0.15) is 5.56 Å². The highest BCUT2D eigenvalue weighted by atomic mass is 16.4. The molecule has 0 radical (unpaired) electrons. The van der Waals surface area contributed by atoms with Crippen molar-refractivity contribution in [1.82, 2.24) is 24.4 Å². The summed E-state index contributed by atoms with van der Waals surface area (Å²) in [7, 11) is 3.82. The molecular weight excluding hydrogens is 420 g/mol. The first kappa shape index (κ1) is 21.0. The summed E-state index contributed by atoms with van der Waals surface area (Å²) in [6.07, 6.45) is 3.56. The van der Waals surface area contributed by atoms with Crippen molar-refractivity contribution in [3.63, 3.8) is 0 Å². The van der Waals surface area contributed by atoms with Gasteiger partial charge in [0.05, 0.1) is 17.4 Å². The van der Waals surface area contributed by atoms with E-state index in [1.54, 1.807) is 25.5 Å². The monoisotopic (exact) mass is 446 g/mol. The molecule has 33 heavy (non-hydrogen) atoms. The number of piperazine rings is 1. The standard InChI is InChI=1S/C23H26N8O2/c1-15-13-25-22(27-17-5-7-20(24-14-17)31-10-8-29(2)9-11-31)28-21(15)26-16-4-6-19-18(12-16)30(3)23(32)33-19/h4-7,12-14H,8-11H2,1-3H3,(H2,25,26,27,28). The second-order valence-corrected chi connectivity index (χ2v) is 8.28. The molecule has 0 aliphatic carbocycles. The van der Waals surface area contributed by atoms with Crippen LogP contribution in [0.4, 0.5) is 29.0 Å². The molecule has 3 aromatic heterocycles. The van der Waals surface area contributed by atoms with E-state index in [2.05, 4.69) is 42.4 Å². The van der Waals surface area contributed by atoms with Gasteiger partial charge in [-0.1, -0.05) is 0 Å². The van der Waals surface area contributed by atoms with E-state index < -0.39 is 0 Å². The Labute approximate surface area is 190 Å². The molecule has 0 bridgehead atoms. The largest absolute Gasteiger partial charge is 0.419 e. The van der Waals surface area contributed by atoms with Crippen molar-refractivity contribution in [2.75, 3.05) is 48.8 Å². The van der Waals surface area contributed by atoms with Crippen LogP contribution in [-0.4, -0.2) is 57.6 Å². The van der Waals surface area contributed by atoms with Gasteiger partial charge < -0.3 is 24.9 Å². The molecule has 170 valence electrons. The van der Waals surface area contributed by atoms with Gasteiger partial charge in [-0.3, -0.25) is 4.57 Å². The number of hydrogen-bond acceptors (Lipinski definition) is 9. The molecule has 1 aliphatic rings. The number of benzene rings is 1. The van der Waals surface area contributed by atoms with E-state index in [1.807, 2.05) is 31.2 Å². The highest BCUT2D eigenvalue weighted by Gasteiger charge is 2.15. The zero-order chi connectivity index (χ0) is 22.9. The van der Waals surface area contributed by atoms with Gasteiger partial charge in [0.25, 0.3) is 0 Å². The lowest BCUT2D eigenvalue weighted by Crippen LogP contribution is -2.44. The molecule has 0 spiro atoms. The Morgan fingerprint density at radius 2 is 1.73 bits per heavy atom. The topological polar surface area (TPSA) is 104 Å². The fourth-order valence-electron chi connectivity index (χ4n) is 3.78. The summed E-state index contributed by atoms with van der Waals surface area (Å²) in [6.45, 7) is 5.97. The lowest BCUT2D eigenvalue weighted by Gasteiger charge is -2.33. The Hall–Kier alpha value is -3.92. The maximum Gasteiger partial charge on any atom is 0.419 e. The van der Waals surface area contributed by atoms with E-state index >= 15 is 0 Å². The van der Waals surface area contributed by atoms with Gasteiger partial charge in [-0.2, -0.15) is 4.98 Å². The van der Waals surface area contributed by atoms with Gasteiger partial charge >= 0.3 is 5.76 Å². The van der Waals surface area contributed by atoms with Crippen LogP contribution < -0.4 is 21.3 Å². The highest BCUT2D eigenvalue weighted by Crippen LogP contribution is 2.24. The number of nitrogens with zero attached hydrogens (tertiary/aromatic N) is 6. The molecule has 1 aliphatic heterocycles. The average Bonchev–Trinajstić information content (AvgIpc) is 3.10. The van der Waals surface area contributed by atoms with E-state index in [9.17, 15) is 4.79 Å².